The number of hydrogen-bond donors (Lipinski definition) is 1. The summed E-state index contributed by atoms with van der Waals surface area (Å²) in [4.78, 5) is 14.8. The first-order valence-electron chi connectivity index (χ1n) is 8.79. The van der Waals surface area contributed by atoms with Gasteiger partial charge in [-0.05, 0) is 43.7 Å². The molecule has 0 aromatic heterocycles. The molecule has 1 heterocycles. The normalized spacial score (nSPS) is 27.8. The third-order valence-corrected chi connectivity index (χ3v) is 5.28. The van der Waals surface area contributed by atoms with Crippen molar-refractivity contribution in [2.75, 3.05) is 19.7 Å². The maximum atomic E-state index is 12.9. The second-order valence-electron chi connectivity index (χ2n) is 7.01. The fourth-order valence-electron chi connectivity index (χ4n) is 3.67. The van der Waals surface area contributed by atoms with Crippen LogP contribution in [0.5, 0.6) is 5.75 Å². The first kappa shape index (κ1) is 16.3. The van der Waals surface area contributed by atoms with Crippen molar-refractivity contribution in [2.45, 2.75) is 45.1 Å². The minimum absolute atomic E-state index is 0.0152. The van der Waals surface area contributed by atoms with Crippen molar-refractivity contribution in [2.24, 2.45) is 11.8 Å². The van der Waals surface area contributed by atoms with Gasteiger partial charge in [0.15, 0.2) is 0 Å². The molecule has 1 aromatic carbocycles. The first-order chi connectivity index (χ1) is 11.1. The average molecular weight is 317 g/mol. The van der Waals surface area contributed by atoms with Crippen LogP contribution in [-0.2, 0) is 0 Å². The molecule has 0 radical (unpaired) electrons. The summed E-state index contributed by atoms with van der Waals surface area (Å²) in [5, 5.41) is 10.9. The van der Waals surface area contributed by atoms with Crippen molar-refractivity contribution in [1.82, 2.24) is 4.90 Å². The molecule has 1 saturated heterocycles. The molecular weight excluding hydrogens is 290 g/mol. The van der Waals surface area contributed by atoms with Gasteiger partial charge in [-0.25, -0.2) is 0 Å². The number of rotatable bonds is 5. The number of ether oxygens (including phenoxy) is 1. The quantitative estimate of drug-likeness (QED) is 0.908. The molecule has 23 heavy (non-hydrogen) atoms. The zero-order valence-corrected chi connectivity index (χ0v) is 14.1. The Hall–Kier alpha value is -1.55. The molecule has 2 fully saturated rings. The largest absolute Gasteiger partial charge is 0.493 e. The lowest BCUT2D eigenvalue weighted by Gasteiger charge is -2.43. The fourth-order valence-corrected chi connectivity index (χ4v) is 3.67. The summed E-state index contributed by atoms with van der Waals surface area (Å²) in [5.74, 6) is 1.24. The van der Waals surface area contributed by atoms with E-state index in [-0.39, 0.29) is 11.8 Å². The predicted molar refractivity (Wildman–Crippen MR) is 89.6 cm³/mol. The van der Waals surface area contributed by atoms with Crippen molar-refractivity contribution in [1.29, 1.82) is 0 Å². The summed E-state index contributed by atoms with van der Waals surface area (Å²) >= 11 is 0. The van der Waals surface area contributed by atoms with Crippen molar-refractivity contribution in [3.8, 4) is 5.75 Å². The lowest BCUT2D eigenvalue weighted by Crippen LogP contribution is -2.53. The van der Waals surface area contributed by atoms with Crippen LogP contribution in [0, 0.1) is 11.8 Å². The molecule has 4 nitrogen and oxygen atoms in total. The number of carbonyl (C=O) groups excluding carboxylic acids is 1. The molecule has 2 atom stereocenters. The van der Waals surface area contributed by atoms with Gasteiger partial charge in [0.25, 0.3) is 5.91 Å². The first-order valence-corrected chi connectivity index (χ1v) is 8.79. The van der Waals surface area contributed by atoms with Gasteiger partial charge in [0.2, 0.25) is 0 Å². The number of aliphatic hydroxyl groups is 1. The van der Waals surface area contributed by atoms with E-state index in [1.807, 2.05) is 29.2 Å². The van der Waals surface area contributed by atoms with Crippen LogP contribution < -0.4 is 4.74 Å². The van der Waals surface area contributed by atoms with Crippen molar-refractivity contribution in [3.05, 3.63) is 29.8 Å². The Morgan fingerprint density at radius 2 is 2.13 bits per heavy atom. The van der Waals surface area contributed by atoms with Crippen molar-refractivity contribution >= 4 is 5.91 Å². The maximum absolute atomic E-state index is 12.9. The number of carbonyl (C=O) groups is 1. The molecule has 1 aliphatic carbocycles. The summed E-state index contributed by atoms with van der Waals surface area (Å²) in [7, 11) is 0. The van der Waals surface area contributed by atoms with Crippen molar-refractivity contribution < 1.29 is 14.6 Å². The number of hydrogen-bond acceptors (Lipinski definition) is 3. The van der Waals surface area contributed by atoms with Gasteiger partial charge in [0, 0.05) is 19.0 Å². The highest BCUT2D eigenvalue weighted by molar-refractivity contribution is 5.97. The topological polar surface area (TPSA) is 49.8 Å². The van der Waals surface area contributed by atoms with Gasteiger partial charge >= 0.3 is 0 Å². The van der Waals surface area contributed by atoms with E-state index in [9.17, 15) is 9.90 Å². The number of piperidine rings is 1. The Balaban J connectivity index is 1.72. The van der Waals surface area contributed by atoms with Crippen LogP contribution in [0.25, 0.3) is 0 Å². The highest BCUT2D eigenvalue weighted by atomic mass is 16.5. The summed E-state index contributed by atoms with van der Waals surface area (Å²) in [5.41, 5.74) is 0.0552. The molecule has 3 rings (SSSR count). The third kappa shape index (κ3) is 3.23. The molecule has 2 aliphatic rings. The minimum Gasteiger partial charge on any atom is -0.493 e. The highest BCUT2D eigenvalue weighted by Gasteiger charge is 2.50. The second kappa shape index (κ2) is 6.52. The van der Waals surface area contributed by atoms with Crippen LogP contribution in [0.4, 0.5) is 0 Å². The Bertz CT molecular complexity index is 569. The van der Waals surface area contributed by atoms with Gasteiger partial charge in [-0.1, -0.05) is 26.0 Å². The molecule has 126 valence electrons. The van der Waals surface area contributed by atoms with Crippen LogP contribution in [0.3, 0.4) is 0 Å². The summed E-state index contributed by atoms with van der Waals surface area (Å²) in [6.07, 6.45) is 3.85. The van der Waals surface area contributed by atoms with E-state index in [1.54, 1.807) is 0 Å². The maximum Gasteiger partial charge on any atom is 0.257 e. The standard InChI is InChI=1S/C19H27NO3/c1-3-12-23-17-7-5-4-6-16(17)18(21)20-11-10-19(22,14(2)13-20)15-8-9-15/h4-7,14-15,22H,3,8-13H2,1-2H3/t14-,19+/m1/s1. The average Bonchev–Trinajstić information content (AvgIpc) is 3.40. The monoisotopic (exact) mass is 317 g/mol. The Morgan fingerprint density at radius 3 is 2.78 bits per heavy atom. The number of benzene rings is 1. The van der Waals surface area contributed by atoms with Gasteiger partial charge < -0.3 is 14.7 Å². The predicted octanol–water partition coefficient (Wildman–Crippen LogP) is 3.10. The highest BCUT2D eigenvalue weighted by Crippen LogP contribution is 2.47. The number of amides is 1. The lowest BCUT2D eigenvalue weighted by atomic mass is 9.78. The molecule has 1 N–H and O–H groups in total. The van der Waals surface area contributed by atoms with Gasteiger partial charge in [0.05, 0.1) is 17.8 Å². The van der Waals surface area contributed by atoms with Crippen LogP contribution in [0.15, 0.2) is 24.3 Å². The number of nitrogens with zero attached hydrogens (tertiary/aromatic N) is 1. The van der Waals surface area contributed by atoms with E-state index >= 15 is 0 Å². The molecule has 1 amide bonds. The Kier molecular flexibility index (Phi) is 4.62. The van der Waals surface area contributed by atoms with E-state index in [1.165, 1.54) is 0 Å². The molecule has 0 bridgehead atoms. The minimum atomic E-state index is -0.574. The van der Waals surface area contributed by atoms with E-state index in [0.29, 0.717) is 43.3 Å². The van der Waals surface area contributed by atoms with Crippen molar-refractivity contribution in [3.63, 3.8) is 0 Å². The number of para-hydroxylation sites is 1. The fraction of sp³-hybridized carbons (Fsp3) is 0.632. The van der Waals surface area contributed by atoms with Gasteiger partial charge in [-0.15, -0.1) is 0 Å². The lowest BCUT2D eigenvalue weighted by molar-refractivity contribution is -0.0752. The molecule has 1 saturated carbocycles. The summed E-state index contributed by atoms with van der Waals surface area (Å²) in [6.45, 7) is 5.97. The summed E-state index contributed by atoms with van der Waals surface area (Å²) < 4.78 is 5.72. The van der Waals surface area contributed by atoms with Gasteiger partial charge in [0.1, 0.15) is 5.75 Å². The SMILES string of the molecule is CCCOc1ccccc1C(=O)N1CC[C@@](O)(C2CC2)[C@H](C)C1. The summed E-state index contributed by atoms with van der Waals surface area (Å²) in [6, 6.07) is 7.46. The smallest absolute Gasteiger partial charge is 0.257 e. The van der Waals surface area contributed by atoms with Gasteiger partial charge in [-0.2, -0.15) is 0 Å². The van der Waals surface area contributed by atoms with Crippen LogP contribution >= 0.6 is 0 Å². The van der Waals surface area contributed by atoms with Crippen LogP contribution in [0.2, 0.25) is 0 Å². The third-order valence-electron chi connectivity index (χ3n) is 5.28. The Morgan fingerprint density at radius 1 is 1.39 bits per heavy atom. The zero-order valence-electron chi connectivity index (χ0n) is 14.1. The molecule has 0 spiro atoms. The Labute approximate surface area is 138 Å². The molecule has 1 aliphatic heterocycles. The molecule has 4 heteroatoms. The van der Waals surface area contributed by atoms with E-state index < -0.39 is 5.60 Å². The van der Waals surface area contributed by atoms with E-state index in [2.05, 4.69) is 13.8 Å². The number of likely N-dealkylation sites (tertiary alicyclic amines) is 1. The van der Waals surface area contributed by atoms with Gasteiger partial charge in [-0.3, -0.25) is 4.79 Å². The second-order valence-corrected chi connectivity index (χ2v) is 7.01. The van der Waals surface area contributed by atoms with E-state index in [0.717, 1.165) is 19.3 Å². The molecule has 0 unspecified atom stereocenters. The zero-order chi connectivity index (χ0) is 16.4. The van der Waals surface area contributed by atoms with Crippen LogP contribution in [-0.4, -0.2) is 41.2 Å². The van der Waals surface area contributed by atoms with E-state index in [4.69, 9.17) is 4.74 Å². The molecular formula is C19H27NO3. The van der Waals surface area contributed by atoms with Crippen LogP contribution in [0.1, 0.15) is 49.9 Å². The molecule has 1 aromatic rings.